The van der Waals surface area contributed by atoms with E-state index in [2.05, 4.69) is 25.8 Å². The molecule has 1 aromatic heterocycles. The molecule has 1 N–H and O–H groups in total. The monoisotopic (exact) mass is 410 g/mol. The van der Waals surface area contributed by atoms with Gasteiger partial charge < -0.3 is 9.67 Å². The zero-order valence-corrected chi connectivity index (χ0v) is 18.8. The Morgan fingerprint density at radius 2 is 1.90 bits per heavy atom. The minimum absolute atomic E-state index is 0.202. The van der Waals surface area contributed by atoms with Crippen LogP contribution in [0.2, 0.25) is 0 Å². The fourth-order valence-electron chi connectivity index (χ4n) is 9.74. The highest BCUT2D eigenvalue weighted by molar-refractivity contribution is 5.83. The molecule has 164 valence electrons. The fraction of sp³-hybridized carbons (Fsp3) is 0.846. The van der Waals surface area contributed by atoms with E-state index in [4.69, 9.17) is 0 Å². The number of hydrogen-bond acceptors (Lipinski definition) is 3. The van der Waals surface area contributed by atoms with E-state index < -0.39 is 5.60 Å². The van der Waals surface area contributed by atoms with Crippen molar-refractivity contribution < 1.29 is 9.90 Å². The number of carbonyl (C=O) groups excluding carboxylic acids is 1. The number of aliphatic hydroxyl groups is 1. The Bertz CT molecular complexity index is 832. The summed E-state index contributed by atoms with van der Waals surface area (Å²) in [6, 6.07) is 0. The first-order chi connectivity index (χ1) is 14.3. The van der Waals surface area contributed by atoms with Crippen molar-refractivity contribution >= 4 is 5.78 Å². The molecule has 0 spiro atoms. The van der Waals surface area contributed by atoms with Crippen LogP contribution in [0.3, 0.4) is 0 Å². The summed E-state index contributed by atoms with van der Waals surface area (Å²) in [5.41, 5.74) is -0.237. The Balaban J connectivity index is 1.27. The smallest absolute Gasteiger partial charge is 0.156 e. The number of ketones is 1. The topological polar surface area (TPSA) is 55.1 Å². The number of rotatable bonds is 3. The lowest BCUT2D eigenvalue weighted by Crippen LogP contribution is -2.52. The van der Waals surface area contributed by atoms with Crippen molar-refractivity contribution in [1.82, 2.24) is 9.55 Å². The van der Waals surface area contributed by atoms with Crippen LogP contribution in [0.15, 0.2) is 18.7 Å². The molecule has 0 amide bonds. The van der Waals surface area contributed by atoms with Crippen molar-refractivity contribution in [2.75, 3.05) is 0 Å². The van der Waals surface area contributed by atoms with Crippen LogP contribution in [0.25, 0.3) is 0 Å². The third kappa shape index (κ3) is 2.68. The van der Waals surface area contributed by atoms with Gasteiger partial charge in [0.25, 0.3) is 0 Å². The molecular formula is C26H38N2O2. The molecule has 0 unspecified atom stereocenters. The van der Waals surface area contributed by atoms with Gasteiger partial charge in [0.1, 0.15) is 0 Å². The maximum atomic E-state index is 13.5. The predicted molar refractivity (Wildman–Crippen MR) is 115 cm³/mol. The van der Waals surface area contributed by atoms with E-state index in [1.807, 2.05) is 10.8 Å². The van der Waals surface area contributed by atoms with Crippen LogP contribution in [0.4, 0.5) is 0 Å². The lowest BCUT2D eigenvalue weighted by Gasteiger charge is -2.58. The molecule has 1 aromatic rings. The third-order valence-electron chi connectivity index (χ3n) is 10.8. The molecule has 6 rings (SSSR count). The summed E-state index contributed by atoms with van der Waals surface area (Å²) in [4.78, 5) is 17.7. The molecule has 5 aliphatic carbocycles. The standard InChI is InChI=1S/C26H38N2O2/c1-15-21-22(15)24(20(29)13-28-11-10-27-14-28)26(3)9-7-18-17-6-8-25(2,30)12-16(17)4-5-19(18)23(21)26/h10-11,14-19,21-24,30H,4-9,12-13H2,1-3H3/t15-,16+,17-,18+,19+,21+,22-,23+,24-,25+,26-/m0/s1. The highest BCUT2D eigenvalue weighted by Gasteiger charge is 2.73. The number of aromatic nitrogens is 2. The fourth-order valence-corrected chi connectivity index (χ4v) is 9.74. The first-order valence-electron chi connectivity index (χ1n) is 12.5. The van der Waals surface area contributed by atoms with Gasteiger partial charge in [-0.1, -0.05) is 13.8 Å². The summed E-state index contributed by atoms with van der Waals surface area (Å²) in [7, 11) is 0. The Kier molecular flexibility index (Phi) is 4.18. The van der Waals surface area contributed by atoms with Crippen molar-refractivity contribution in [3.05, 3.63) is 18.7 Å². The number of hydrogen-bond donors (Lipinski definition) is 1. The highest BCUT2D eigenvalue weighted by Crippen LogP contribution is 2.76. The van der Waals surface area contributed by atoms with E-state index in [-0.39, 0.29) is 11.3 Å². The maximum Gasteiger partial charge on any atom is 0.156 e. The number of imidazole rings is 1. The Morgan fingerprint density at radius 1 is 1.10 bits per heavy atom. The van der Waals surface area contributed by atoms with Crippen LogP contribution in [0, 0.1) is 58.7 Å². The summed E-state index contributed by atoms with van der Waals surface area (Å²) < 4.78 is 1.96. The molecule has 0 bridgehead atoms. The van der Waals surface area contributed by atoms with Gasteiger partial charge in [-0.25, -0.2) is 4.98 Å². The summed E-state index contributed by atoms with van der Waals surface area (Å²) in [6.07, 6.45) is 13.9. The maximum absolute atomic E-state index is 13.5. The average molecular weight is 411 g/mol. The second kappa shape index (κ2) is 6.43. The Morgan fingerprint density at radius 3 is 2.67 bits per heavy atom. The largest absolute Gasteiger partial charge is 0.390 e. The van der Waals surface area contributed by atoms with E-state index in [1.54, 1.807) is 12.5 Å². The first kappa shape index (κ1) is 19.5. The molecule has 0 aromatic carbocycles. The number of fused-ring (bicyclic) bond motifs is 7. The van der Waals surface area contributed by atoms with Crippen LogP contribution in [0.1, 0.15) is 65.7 Å². The molecule has 5 fully saturated rings. The molecule has 5 saturated carbocycles. The highest BCUT2D eigenvalue weighted by atomic mass is 16.3. The molecule has 1 heterocycles. The van der Waals surface area contributed by atoms with Crippen LogP contribution in [-0.4, -0.2) is 26.0 Å². The zero-order valence-electron chi connectivity index (χ0n) is 18.8. The van der Waals surface area contributed by atoms with E-state index in [1.165, 1.54) is 32.1 Å². The SMILES string of the molecule is C[C@H]1[C@@H]2[C@H]1[C@H](C(=O)Cn1ccnc1)[C@@]1(C)CC[C@H]3[C@@H](CC[C@@H]4C[C@](C)(O)CC[C@@H]43)[C@H]21. The average Bonchev–Trinajstić information content (AvgIpc) is 3.06. The second-order valence-corrected chi connectivity index (χ2v) is 12.3. The molecule has 0 saturated heterocycles. The van der Waals surface area contributed by atoms with E-state index in [0.717, 1.165) is 54.3 Å². The summed E-state index contributed by atoms with van der Waals surface area (Å²) in [6.45, 7) is 7.45. The van der Waals surface area contributed by atoms with Crippen molar-refractivity contribution in [2.45, 2.75) is 77.9 Å². The van der Waals surface area contributed by atoms with Gasteiger partial charge in [-0.15, -0.1) is 0 Å². The number of nitrogens with zero attached hydrogens (tertiary/aromatic N) is 2. The predicted octanol–water partition coefficient (Wildman–Crippen LogP) is 4.57. The minimum atomic E-state index is -0.439. The third-order valence-corrected chi connectivity index (χ3v) is 10.8. The van der Waals surface area contributed by atoms with E-state index in [9.17, 15) is 9.90 Å². The lowest BCUT2D eigenvalue weighted by atomic mass is 9.47. The zero-order chi connectivity index (χ0) is 20.8. The Labute approximate surface area is 180 Å². The number of carbonyl (C=O) groups is 1. The van der Waals surface area contributed by atoms with Gasteiger partial charge in [-0.05, 0) is 105 Å². The molecule has 30 heavy (non-hydrogen) atoms. The molecule has 11 atom stereocenters. The van der Waals surface area contributed by atoms with Gasteiger partial charge in [-0.2, -0.15) is 0 Å². The van der Waals surface area contributed by atoms with Crippen LogP contribution in [0.5, 0.6) is 0 Å². The first-order valence-corrected chi connectivity index (χ1v) is 12.5. The van der Waals surface area contributed by atoms with Crippen molar-refractivity contribution in [2.24, 2.45) is 58.7 Å². The summed E-state index contributed by atoms with van der Waals surface area (Å²) in [5, 5.41) is 10.6. The van der Waals surface area contributed by atoms with Gasteiger partial charge in [0, 0.05) is 18.3 Å². The van der Waals surface area contributed by atoms with Crippen molar-refractivity contribution in [1.29, 1.82) is 0 Å². The molecule has 0 radical (unpaired) electrons. The van der Waals surface area contributed by atoms with Crippen LogP contribution < -0.4 is 0 Å². The summed E-state index contributed by atoms with van der Waals surface area (Å²) in [5.74, 6) is 6.79. The number of Topliss-reactive ketones (excluding diaryl/α,β-unsaturated/α-hetero) is 1. The van der Waals surface area contributed by atoms with Gasteiger partial charge in [0.2, 0.25) is 0 Å². The summed E-state index contributed by atoms with van der Waals surface area (Å²) >= 11 is 0. The van der Waals surface area contributed by atoms with E-state index in [0.29, 0.717) is 18.2 Å². The van der Waals surface area contributed by atoms with Crippen LogP contribution >= 0.6 is 0 Å². The molecule has 4 heteroatoms. The minimum Gasteiger partial charge on any atom is -0.390 e. The molecular weight excluding hydrogens is 372 g/mol. The van der Waals surface area contributed by atoms with Gasteiger partial charge in [0.15, 0.2) is 5.78 Å². The van der Waals surface area contributed by atoms with Crippen molar-refractivity contribution in [3.8, 4) is 0 Å². The lowest BCUT2D eigenvalue weighted by molar-refractivity contribution is -0.137. The quantitative estimate of drug-likeness (QED) is 0.794. The van der Waals surface area contributed by atoms with Gasteiger partial charge in [-0.3, -0.25) is 4.79 Å². The van der Waals surface area contributed by atoms with Gasteiger partial charge in [0.05, 0.1) is 18.5 Å². The van der Waals surface area contributed by atoms with E-state index >= 15 is 0 Å². The molecule has 5 aliphatic rings. The second-order valence-electron chi connectivity index (χ2n) is 12.3. The molecule has 0 aliphatic heterocycles. The molecule has 4 nitrogen and oxygen atoms in total. The van der Waals surface area contributed by atoms with Crippen molar-refractivity contribution in [3.63, 3.8) is 0 Å². The Hall–Kier alpha value is -1.16. The normalized spacial score (nSPS) is 53.9. The van der Waals surface area contributed by atoms with Gasteiger partial charge >= 0.3 is 0 Å². The van der Waals surface area contributed by atoms with Crippen LogP contribution in [-0.2, 0) is 11.3 Å².